The van der Waals surface area contributed by atoms with Gasteiger partial charge in [-0.1, -0.05) is 45.0 Å². The number of imide groups is 1. The van der Waals surface area contributed by atoms with Crippen molar-refractivity contribution in [3.63, 3.8) is 0 Å². The topological polar surface area (TPSA) is 101 Å². The first-order chi connectivity index (χ1) is 11.8. The molecule has 0 aliphatic carbocycles. The molecule has 8 nitrogen and oxygen atoms in total. The van der Waals surface area contributed by atoms with Crippen LogP contribution in [0, 0.1) is 5.41 Å². The van der Waals surface area contributed by atoms with E-state index in [0.29, 0.717) is 12.2 Å². The Morgan fingerprint density at radius 3 is 2.32 bits per heavy atom. The SMILES string of the molecule is CC(C)(C)C[C@@H]1NC(=O)N(Cc2ccc(-c3nncnn3)cc2)C1=O. The van der Waals surface area contributed by atoms with Crippen molar-refractivity contribution in [2.24, 2.45) is 5.41 Å². The highest BCUT2D eigenvalue weighted by atomic mass is 16.2. The van der Waals surface area contributed by atoms with E-state index in [2.05, 4.69) is 25.7 Å². The second-order valence-electron chi connectivity index (χ2n) is 7.26. The highest BCUT2D eigenvalue weighted by molar-refractivity contribution is 6.04. The first-order valence-electron chi connectivity index (χ1n) is 8.05. The van der Waals surface area contributed by atoms with Crippen LogP contribution in [0.1, 0.15) is 32.8 Å². The van der Waals surface area contributed by atoms with Gasteiger partial charge in [0, 0.05) is 5.56 Å². The average molecular weight is 340 g/mol. The quantitative estimate of drug-likeness (QED) is 0.852. The molecule has 0 saturated carbocycles. The molecule has 3 rings (SSSR count). The van der Waals surface area contributed by atoms with Gasteiger partial charge in [0.2, 0.25) is 5.82 Å². The van der Waals surface area contributed by atoms with Crippen LogP contribution in [0.15, 0.2) is 30.6 Å². The lowest BCUT2D eigenvalue weighted by molar-refractivity contribution is -0.128. The van der Waals surface area contributed by atoms with E-state index < -0.39 is 6.04 Å². The highest BCUT2D eigenvalue weighted by Gasteiger charge is 2.39. The summed E-state index contributed by atoms with van der Waals surface area (Å²) in [5, 5.41) is 18.0. The predicted molar refractivity (Wildman–Crippen MR) is 90.0 cm³/mol. The zero-order valence-electron chi connectivity index (χ0n) is 14.4. The Labute approximate surface area is 145 Å². The van der Waals surface area contributed by atoms with Gasteiger partial charge in [0.05, 0.1) is 6.54 Å². The van der Waals surface area contributed by atoms with Crippen LogP contribution in [-0.2, 0) is 11.3 Å². The van der Waals surface area contributed by atoms with Crippen LogP contribution in [0.5, 0.6) is 0 Å². The maximum atomic E-state index is 12.5. The second kappa shape index (κ2) is 6.54. The van der Waals surface area contributed by atoms with Gasteiger partial charge in [-0.25, -0.2) is 4.79 Å². The number of amides is 3. The summed E-state index contributed by atoms with van der Waals surface area (Å²) >= 11 is 0. The van der Waals surface area contributed by atoms with Crippen molar-refractivity contribution in [1.29, 1.82) is 0 Å². The minimum absolute atomic E-state index is 0.0387. The zero-order chi connectivity index (χ0) is 18.0. The van der Waals surface area contributed by atoms with E-state index in [9.17, 15) is 9.59 Å². The number of carbonyl (C=O) groups excluding carboxylic acids is 2. The summed E-state index contributed by atoms with van der Waals surface area (Å²) < 4.78 is 0. The molecule has 0 radical (unpaired) electrons. The molecule has 1 saturated heterocycles. The molecule has 1 aliphatic heterocycles. The first kappa shape index (κ1) is 16.9. The summed E-state index contributed by atoms with van der Waals surface area (Å²) in [6.07, 6.45) is 1.88. The smallest absolute Gasteiger partial charge is 0.325 e. The number of hydrogen-bond acceptors (Lipinski definition) is 6. The number of aromatic nitrogens is 4. The summed E-state index contributed by atoms with van der Waals surface area (Å²) in [6.45, 7) is 6.37. The molecule has 0 bridgehead atoms. The van der Waals surface area contributed by atoms with Gasteiger partial charge in [-0.3, -0.25) is 9.69 Å². The molecule has 2 heterocycles. The normalized spacial score (nSPS) is 17.7. The van der Waals surface area contributed by atoms with Gasteiger partial charge < -0.3 is 5.32 Å². The van der Waals surface area contributed by atoms with Crippen molar-refractivity contribution in [1.82, 2.24) is 30.6 Å². The summed E-state index contributed by atoms with van der Waals surface area (Å²) in [6, 6.07) is 6.51. The van der Waals surface area contributed by atoms with Crippen molar-refractivity contribution < 1.29 is 9.59 Å². The monoisotopic (exact) mass is 340 g/mol. The summed E-state index contributed by atoms with van der Waals surface area (Å²) in [5.74, 6) is 0.248. The first-order valence-corrected chi connectivity index (χ1v) is 8.05. The number of nitrogens with zero attached hydrogens (tertiary/aromatic N) is 5. The number of urea groups is 1. The van der Waals surface area contributed by atoms with Crippen molar-refractivity contribution >= 4 is 11.9 Å². The third-order valence-electron chi connectivity index (χ3n) is 3.88. The molecular formula is C17H20N6O2. The molecule has 1 N–H and O–H groups in total. The van der Waals surface area contributed by atoms with E-state index in [4.69, 9.17) is 0 Å². The Kier molecular flexibility index (Phi) is 4.43. The van der Waals surface area contributed by atoms with E-state index in [1.807, 2.05) is 45.0 Å². The van der Waals surface area contributed by atoms with Crippen LogP contribution in [0.25, 0.3) is 11.4 Å². The number of nitrogens with one attached hydrogen (secondary N) is 1. The Morgan fingerprint density at radius 1 is 1.08 bits per heavy atom. The van der Waals surface area contributed by atoms with Gasteiger partial charge in [0.15, 0.2) is 6.33 Å². The molecule has 3 amide bonds. The fourth-order valence-electron chi connectivity index (χ4n) is 2.74. The number of benzene rings is 1. The van der Waals surface area contributed by atoms with E-state index in [1.54, 1.807) is 0 Å². The Bertz CT molecular complexity index is 770. The summed E-state index contributed by atoms with van der Waals surface area (Å²) in [4.78, 5) is 25.9. The zero-order valence-corrected chi connectivity index (χ0v) is 14.4. The minimum atomic E-state index is -0.457. The lowest BCUT2D eigenvalue weighted by atomic mass is 9.88. The molecule has 1 atom stereocenters. The van der Waals surface area contributed by atoms with Crippen LogP contribution in [0.3, 0.4) is 0 Å². The molecule has 25 heavy (non-hydrogen) atoms. The molecule has 0 unspecified atom stereocenters. The third kappa shape index (κ3) is 3.96. The molecule has 2 aromatic rings. The predicted octanol–water partition coefficient (Wildman–Crippen LogP) is 1.79. The molecule has 0 spiro atoms. The van der Waals surface area contributed by atoms with Crippen LogP contribution >= 0.6 is 0 Å². The molecule has 1 aromatic carbocycles. The molecule has 1 aromatic heterocycles. The van der Waals surface area contributed by atoms with Crippen molar-refractivity contribution in [2.45, 2.75) is 39.8 Å². The standard InChI is InChI=1S/C17H20N6O2/c1-17(2,3)8-13-15(24)23(16(25)20-13)9-11-4-6-12(7-5-11)14-21-18-10-19-22-14/h4-7,10,13H,8-9H2,1-3H3,(H,20,25)/t13-/m0/s1. The van der Waals surface area contributed by atoms with E-state index in [1.165, 1.54) is 11.2 Å². The lowest BCUT2D eigenvalue weighted by Crippen LogP contribution is -2.33. The van der Waals surface area contributed by atoms with Gasteiger partial charge >= 0.3 is 6.03 Å². The van der Waals surface area contributed by atoms with Crippen LogP contribution in [-0.4, -0.2) is 43.3 Å². The highest BCUT2D eigenvalue weighted by Crippen LogP contribution is 2.25. The van der Waals surface area contributed by atoms with E-state index in [0.717, 1.165) is 11.1 Å². The number of hydrogen-bond donors (Lipinski definition) is 1. The van der Waals surface area contributed by atoms with Crippen LogP contribution in [0.4, 0.5) is 4.79 Å². The fourth-order valence-corrected chi connectivity index (χ4v) is 2.74. The second-order valence-corrected chi connectivity index (χ2v) is 7.26. The van der Waals surface area contributed by atoms with E-state index >= 15 is 0 Å². The van der Waals surface area contributed by atoms with Crippen molar-refractivity contribution in [3.8, 4) is 11.4 Å². The number of rotatable bonds is 4. The van der Waals surface area contributed by atoms with Crippen molar-refractivity contribution in [2.75, 3.05) is 0 Å². The van der Waals surface area contributed by atoms with Gasteiger partial charge in [-0.2, -0.15) is 0 Å². The largest absolute Gasteiger partial charge is 0.326 e. The maximum absolute atomic E-state index is 12.5. The van der Waals surface area contributed by atoms with E-state index in [-0.39, 0.29) is 23.9 Å². The molecular weight excluding hydrogens is 320 g/mol. The minimum Gasteiger partial charge on any atom is -0.326 e. The average Bonchev–Trinajstić information content (AvgIpc) is 2.82. The van der Waals surface area contributed by atoms with Gasteiger partial charge in [-0.05, 0) is 17.4 Å². The third-order valence-corrected chi connectivity index (χ3v) is 3.88. The van der Waals surface area contributed by atoms with Gasteiger partial charge in [0.1, 0.15) is 6.04 Å². The maximum Gasteiger partial charge on any atom is 0.325 e. The molecule has 130 valence electrons. The van der Waals surface area contributed by atoms with Gasteiger partial charge in [0.25, 0.3) is 5.91 Å². The Morgan fingerprint density at radius 2 is 1.72 bits per heavy atom. The summed E-state index contributed by atoms with van der Waals surface area (Å²) in [7, 11) is 0. The molecule has 1 fully saturated rings. The summed E-state index contributed by atoms with van der Waals surface area (Å²) in [5.41, 5.74) is 1.58. The molecule has 8 heteroatoms. The fraction of sp³-hybridized carbons (Fsp3) is 0.412. The van der Waals surface area contributed by atoms with Crippen LogP contribution < -0.4 is 5.32 Å². The van der Waals surface area contributed by atoms with Crippen molar-refractivity contribution in [3.05, 3.63) is 36.2 Å². The van der Waals surface area contributed by atoms with Gasteiger partial charge in [-0.15, -0.1) is 20.4 Å². The van der Waals surface area contributed by atoms with Crippen LogP contribution in [0.2, 0.25) is 0 Å². The Hall–Kier alpha value is -2.90. The number of carbonyl (C=O) groups is 2. The lowest BCUT2D eigenvalue weighted by Gasteiger charge is -2.21. The Balaban J connectivity index is 1.70. The molecule has 1 aliphatic rings.